The molecule has 184 valence electrons. The average Bonchev–Trinajstić information content (AvgIpc) is 2.81. The van der Waals surface area contributed by atoms with Crippen molar-refractivity contribution in [3.8, 4) is 5.75 Å². The second-order valence-electron chi connectivity index (χ2n) is 7.74. The summed E-state index contributed by atoms with van der Waals surface area (Å²) in [7, 11) is 4.60. The number of carbonyl (C=O) groups is 3. The highest BCUT2D eigenvalue weighted by atomic mass is 19.1. The summed E-state index contributed by atoms with van der Waals surface area (Å²) in [4.78, 5) is 45.6. The molecule has 0 unspecified atom stereocenters. The Labute approximate surface area is 200 Å². The second-order valence-corrected chi connectivity index (χ2v) is 7.74. The normalized spacial score (nSPS) is 10.9. The van der Waals surface area contributed by atoms with Crippen LogP contribution in [0.3, 0.4) is 0 Å². The summed E-state index contributed by atoms with van der Waals surface area (Å²) in [6, 6.07) is 7.53. The first-order valence-corrected chi connectivity index (χ1v) is 10.5. The SMILES string of the molecule is COCCNC(=O)C(=O)Nc1nc(C(=O)NN(C)C)c(O)c2ncc(Cc3ccc(F)cc3)cc12. The molecule has 3 aromatic rings. The molecule has 4 N–H and O–H groups in total. The smallest absolute Gasteiger partial charge is 0.314 e. The Hall–Kier alpha value is -4.16. The lowest BCUT2D eigenvalue weighted by Gasteiger charge is -2.15. The van der Waals surface area contributed by atoms with Crippen LogP contribution in [-0.4, -0.2) is 72.2 Å². The number of aromatic nitrogens is 2. The number of hydrogen-bond donors (Lipinski definition) is 4. The van der Waals surface area contributed by atoms with E-state index in [1.807, 2.05) is 0 Å². The second kappa shape index (κ2) is 11.3. The highest BCUT2D eigenvalue weighted by molar-refractivity contribution is 6.40. The van der Waals surface area contributed by atoms with Crippen molar-refractivity contribution in [2.24, 2.45) is 0 Å². The molecule has 0 fully saturated rings. The van der Waals surface area contributed by atoms with Crippen molar-refractivity contribution in [1.29, 1.82) is 0 Å². The molecule has 0 aliphatic rings. The molecule has 11 nitrogen and oxygen atoms in total. The van der Waals surface area contributed by atoms with Gasteiger partial charge in [-0.2, -0.15) is 0 Å². The highest BCUT2D eigenvalue weighted by Gasteiger charge is 2.23. The Morgan fingerprint density at radius 2 is 1.83 bits per heavy atom. The van der Waals surface area contributed by atoms with E-state index in [4.69, 9.17) is 4.74 Å². The van der Waals surface area contributed by atoms with E-state index in [0.29, 0.717) is 12.0 Å². The molecule has 0 spiro atoms. The number of fused-ring (bicyclic) bond motifs is 1. The van der Waals surface area contributed by atoms with E-state index < -0.39 is 23.5 Å². The molecule has 35 heavy (non-hydrogen) atoms. The monoisotopic (exact) mass is 484 g/mol. The van der Waals surface area contributed by atoms with Gasteiger partial charge in [-0.25, -0.2) is 14.4 Å². The van der Waals surface area contributed by atoms with E-state index in [0.717, 1.165) is 5.56 Å². The fraction of sp³-hybridized carbons (Fsp3) is 0.261. The molecule has 0 aliphatic heterocycles. The molecule has 12 heteroatoms. The van der Waals surface area contributed by atoms with Crippen molar-refractivity contribution < 1.29 is 28.6 Å². The number of hydrazine groups is 1. The molecule has 1 aromatic carbocycles. The number of nitrogens with zero attached hydrogens (tertiary/aromatic N) is 3. The number of anilines is 1. The number of benzene rings is 1. The molecule has 3 amide bonds. The maximum Gasteiger partial charge on any atom is 0.314 e. The summed E-state index contributed by atoms with van der Waals surface area (Å²) in [5.41, 5.74) is 3.53. The molecule has 0 saturated carbocycles. The molecular formula is C23H25FN6O5. The predicted molar refractivity (Wildman–Crippen MR) is 125 cm³/mol. The first-order chi connectivity index (χ1) is 16.7. The van der Waals surface area contributed by atoms with Crippen molar-refractivity contribution in [1.82, 2.24) is 25.7 Å². The first-order valence-electron chi connectivity index (χ1n) is 10.5. The van der Waals surface area contributed by atoms with Crippen molar-refractivity contribution in [2.45, 2.75) is 6.42 Å². The van der Waals surface area contributed by atoms with Gasteiger partial charge >= 0.3 is 11.8 Å². The van der Waals surface area contributed by atoms with E-state index >= 15 is 0 Å². The molecule has 0 atom stereocenters. The van der Waals surface area contributed by atoms with E-state index in [1.165, 1.54) is 30.4 Å². The van der Waals surface area contributed by atoms with Gasteiger partial charge in [-0.05, 0) is 35.7 Å². The first kappa shape index (κ1) is 25.5. The van der Waals surface area contributed by atoms with E-state index in [9.17, 15) is 23.9 Å². The lowest BCUT2D eigenvalue weighted by atomic mass is 10.0. The Morgan fingerprint density at radius 1 is 1.11 bits per heavy atom. The molecular weight excluding hydrogens is 459 g/mol. The quantitative estimate of drug-likeness (QED) is 0.210. The fourth-order valence-electron chi connectivity index (χ4n) is 3.17. The number of ether oxygens (including phenoxy) is 1. The van der Waals surface area contributed by atoms with Gasteiger partial charge in [0.25, 0.3) is 5.91 Å². The zero-order chi connectivity index (χ0) is 25.5. The van der Waals surface area contributed by atoms with Crippen LogP contribution in [0.15, 0.2) is 36.5 Å². The van der Waals surface area contributed by atoms with Gasteiger partial charge in [-0.1, -0.05) is 12.1 Å². The molecule has 0 bridgehead atoms. The number of rotatable bonds is 8. The number of carbonyl (C=O) groups excluding carboxylic acids is 3. The van der Waals surface area contributed by atoms with Crippen molar-refractivity contribution in [3.05, 3.63) is 59.2 Å². The van der Waals surface area contributed by atoms with Gasteiger partial charge in [0.1, 0.15) is 17.2 Å². The highest BCUT2D eigenvalue weighted by Crippen LogP contribution is 2.32. The minimum atomic E-state index is -1.02. The number of nitrogens with one attached hydrogen (secondary N) is 3. The van der Waals surface area contributed by atoms with Gasteiger partial charge in [-0.15, -0.1) is 0 Å². The minimum absolute atomic E-state index is 0.00172. The fourth-order valence-corrected chi connectivity index (χ4v) is 3.17. The number of amides is 3. The minimum Gasteiger partial charge on any atom is -0.504 e. The molecule has 0 aliphatic carbocycles. The Bertz CT molecular complexity index is 1250. The van der Waals surface area contributed by atoms with Crippen LogP contribution >= 0.6 is 0 Å². The summed E-state index contributed by atoms with van der Waals surface area (Å²) < 4.78 is 18.1. The van der Waals surface area contributed by atoms with Crippen molar-refractivity contribution >= 4 is 34.4 Å². The van der Waals surface area contributed by atoms with E-state index in [1.54, 1.807) is 32.3 Å². The number of halogens is 1. The number of methoxy groups -OCH3 is 1. The van der Waals surface area contributed by atoms with Gasteiger partial charge in [-0.3, -0.25) is 24.8 Å². The maximum atomic E-state index is 13.2. The summed E-state index contributed by atoms with van der Waals surface area (Å²) in [6.45, 7) is 0.331. The molecule has 2 aromatic heterocycles. The van der Waals surface area contributed by atoms with E-state index in [-0.39, 0.29) is 41.4 Å². The van der Waals surface area contributed by atoms with Gasteiger partial charge in [0.15, 0.2) is 11.4 Å². The summed E-state index contributed by atoms with van der Waals surface area (Å²) in [5, 5.41) is 17.0. The number of aromatic hydroxyl groups is 1. The Kier molecular flexibility index (Phi) is 8.23. The Balaban J connectivity index is 2.02. The topological polar surface area (TPSA) is 146 Å². The third-order valence-electron chi connectivity index (χ3n) is 4.76. The maximum absolute atomic E-state index is 13.2. The standard InChI is InChI=1S/C23H25FN6O5/c1-30(2)29-21(32)18-19(31)17-16(20(27-18)28-23(34)22(33)25-8-9-35-3)11-14(12-26-17)10-13-4-6-15(24)7-5-13/h4-7,11-12,31H,8-10H2,1-3H3,(H,25,33)(H,29,32)(H,27,28,34). The Morgan fingerprint density at radius 3 is 2.49 bits per heavy atom. The average molecular weight is 484 g/mol. The molecule has 2 heterocycles. The van der Waals surface area contributed by atoms with Crippen LogP contribution in [0.5, 0.6) is 5.75 Å². The molecule has 0 saturated heterocycles. The van der Waals surface area contributed by atoms with Crippen LogP contribution in [0.1, 0.15) is 21.6 Å². The van der Waals surface area contributed by atoms with Gasteiger partial charge < -0.3 is 20.5 Å². The van der Waals surface area contributed by atoms with Gasteiger partial charge in [0.2, 0.25) is 0 Å². The van der Waals surface area contributed by atoms with Crippen LogP contribution in [0, 0.1) is 5.82 Å². The van der Waals surface area contributed by atoms with Crippen LogP contribution in [0.4, 0.5) is 10.2 Å². The molecule has 3 rings (SSSR count). The predicted octanol–water partition coefficient (Wildman–Crippen LogP) is 0.973. The van der Waals surface area contributed by atoms with Crippen LogP contribution in [0.25, 0.3) is 10.9 Å². The van der Waals surface area contributed by atoms with Crippen LogP contribution < -0.4 is 16.1 Å². The lowest BCUT2D eigenvalue weighted by molar-refractivity contribution is -0.136. The zero-order valence-corrected chi connectivity index (χ0v) is 19.4. The largest absolute Gasteiger partial charge is 0.504 e. The zero-order valence-electron chi connectivity index (χ0n) is 19.4. The lowest BCUT2D eigenvalue weighted by Crippen LogP contribution is -2.38. The summed E-state index contributed by atoms with van der Waals surface area (Å²) in [5.74, 6) is -3.69. The molecule has 0 radical (unpaired) electrons. The number of pyridine rings is 2. The number of hydrogen-bond acceptors (Lipinski definition) is 8. The third kappa shape index (κ3) is 6.46. The van der Waals surface area contributed by atoms with Gasteiger partial charge in [0, 0.05) is 39.3 Å². The summed E-state index contributed by atoms with van der Waals surface area (Å²) >= 11 is 0. The van der Waals surface area contributed by atoms with Crippen molar-refractivity contribution in [3.63, 3.8) is 0 Å². The van der Waals surface area contributed by atoms with Crippen LogP contribution in [0.2, 0.25) is 0 Å². The van der Waals surface area contributed by atoms with E-state index in [2.05, 4.69) is 26.0 Å². The van der Waals surface area contributed by atoms with Gasteiger partial charge in [0.05, 0.1) is 6.61 Å². The summed E-state index contributed by atoms with van der Waals surface area (Å²) in [6.07, 6.45) is 1.86. The third-order valence-corrected chi connectivity index (χ3v) is 4.76. The van der Waals surface area contributed by atoms with Crippen molar-refractivity contribution in [2.75, 3.05) is 39.7 Å². The van der Waals surface area contributed by atoms with Crippen LogP contribution in [-0.2, 0) is 20.7 Å².